The average Bonchev–Trinajstić information content (AvgIpc) is 3.58. The Morgan fingerprint density at radius 1 is 0.909 bits per heavy atom. The quantitative estimate of drug-likeness (QED) is 0.681. The minimum atomic E-state index is -0.0119. The summed E-state index contributed by atoms with van der Waals surface area (Å²) in [4.78, 5) is 44.7. The normalized spacial score (nSPS) is 19.3. The SMILES string of the molecule is CCN(CC)C(=O)c1cc(NC(=O)C2CCCC2)ccc1N1CCCN(C(=O)C2CC2)CC1. The maximum atomic E-state index is 13.4. The second-order valence-corrected chi connectivity index (χ2v) is 9.62. The van der Waals surface area contributed by atoms with E-state index in [1.165, 1.54) is 0 Å². The van der Waals surface area contributed by atoms with Gasteiger partial charge < -0.3 is 20.0 Å². The van der Waals surface area contributed by atoms with Crippen molar-refractivity contribution < 1.29 is 14.4 Å². The van der Waals surface area contributed by atoms with Crippen LogP contribution in [0.5, 0.6) is 0 Å². The van der Waals surface area contributed by atoms with E-state index >= 15 is 0 Å². The van der Waals surface area contributed by atoms with Crippen molar-refractivity contribution >= 4 is 29.1 Å². The molecule has 0 aromatic heterocycles. The van der Waals surface area contributed by atoms with E-state index in [2.05, 4.69) is 10.2 Å². The van der Waals surface area contributed by atoms with Crippen molar-refractivity contribution in [2.45, 2.75) is 58.8 Å². The Hall–Kier alpha value is -2.57. The molecule has 4 rings (SSSR count). The first-order valence-corrected chi connectivity index (χ1v) is 12.8. The number of nitrogens with zero attached hydrogens (tertiary/aromatic N) is 3. The third-order valence-electron chi connectivity index (χ3n) is 7.35. The number of anilines is 2. The zero-order valence-electron chi connectivity index (χ0n) is 20.1. The first-order valence-electron chi connectivity index (χ1n) is 12.8. The molecule has 1 saturated heterocycles. The van der Waals surface area contributed by atoms with Crippen LogP contribution in [0.25, 0.3) is 0 Å². The minimum Gasteiger partial charge on any atom is -0.369 e. The number of hydrogen-bond acceptors (Lipinski definition) is 4. The Kier molecular flexibility index (Phi) is 7.56. The van der Waals surface area contributed by atoms with Gasteiger partial charge in [0.2, 0.25) is 11.8 Å². The van der Waals surface area contributed by atoms with Gasteiger partial charge in [0.25, 0.3) is 5.91 Å². The van der Waals surface area contributed by atoms with Gasteiger partial charge in [-0.1, -0.05) is 12.8 Å². The summed E-state index contributed by atoms with van der Waals surface area (Å²) in [7, 11) is 0. The van der Waals surface area contributed by atoms with E-state index in [1.807, 2.05) is 41.8 Å². The number of carbonyl (C=O) groups excluding carboxylic acids is 3. The van der Waals surface area contributed by atoms with Crippen LogP contribution in [0.2, 0.25) is 0 Å². The van der Waals surface area contributed by atoms with Crippen LogP contribution in [0.3, 0.4) is 0 Å². The third-order valence-corrected chi connectivity index (χ3v) is 7.35. The molecule has 3 amide bonds. The van der Waals surface area contributed by atoms with Gasteiger partial charge in [-0.2, -0.15) is 0 Å². The molecule has 7 nitrogen and oxygen atoms in total. The highest BCUT2D eigenvalue weighted by atomic mass is 16.2. The molecule has 0 atom stereocenters. The summed E-state index contributed by atoms with van der Waals surface area (Å²) in [6.07, 6.45) is 7.04. The van der Waals surface area contributed by atoms with Crippen molar-refractivity contribution in [2.75, 3.05) is 49.5 Å². The number of hydrogen-bond donors (Lipinski definition) is 1. The highest BCUT2D eigenvalue weighted by molar-refractivity contribution is 6.02. The maximum Gasteiger partial charge on any atom is 0.256 e. The summed E-state index contributed by atoms with van der Waals surface area (Å²) in [6.45, 7) is 8.23. The largest absolute Gasteiger partial charge is 0.369 e. The fraction of sp³-hybridized carbons (Fsp3) is 0.654. The Labute approximate surface area is 197 Å². The van der Waals surface area contributed by atoms with Gasteiger partial charge >= 0.3 is 0 Å². The predicted molar refractivity (Wildman–Crippen MR) is 130 cm³/mol. The molecule has 1 heterocycles. The van der Waals surface area contributed by atoms with Gasteiger partial charge in [0.05, 0.1) is 5.56 Å². The summed E-state index contributed by atoms with van der Waals surface area (Å²) in [5.41, 5.74) is 2.21. The fourth-order valence-corrected chi connectivity index (χ4v) is 5.14. The zero-order chi connectivity index (χ0) is 23.4. The first kappa shape index (κ1) is 23.6. The molecule has 2 saturated carbocycles. The van der Waals surface area contributed by atoms with Crippen LogP contribution in [0, 0.1) is 11.8 Å². The second kappa shape index (κ2) is 10.6. The smallest absolute Gasteiger partial charge is 0.256 e. The van der Waals surface area contributed by atoms with Crippen molar-refractivity contribution in [3.8, 4) is 0 Å². The molecule has 0 radical (unpaired) electrons. The molecule has 1 N–H and O–H groups in total. The lowest BCUT2D eigenvalue weighted by molar-refractivity contribution is -0.132. The molecule has 7 heteroatoms. The molecular weight excluding hydrogens is 416 g/mol. The summed E-state index contributed by atoms with van der Waals surface area (Å²) >= 11 is 0. The molecule has 1 aromatic carbocycles. The lowest BCUT2D eigenvalue weighted by Gasteiger charge is -2.28. The molecular formula is C26H38N4O3. The number of amides is 3. The lowest BCUT2D eigenvalue weighted by atomic mass is 10.1. The van der Waals surface area contributed by atoms with Gasteiger partial charge in [-0.05, 0) is 64.2 Å². The fourth-order valence-electron chi connectivity index (χ4n) is 5.14. The second-order valence-electron chi connectivity index (χ2n) is 9.62. The van der Waals surface area contributed by atoms with Crippen LogP contribution < -0.4 is 10.2 Å². The van der Waals surface area contributed by atoms with Crippen LogP contribution in [0.4, 0.5) is 11.4 Å². The molecule has 1 aliphatic heterocycles. The van der Waals surface area contributed by atoms with E-state index < -0.39 is 0 Å². The third kappa shape index (κ3) is 5.50. The van der Waals surface area contributed by atoms with E-state index in [4.69, 9.17) is 0 Å². The molecule has 180 valence electrons. The highest BCUT2D eigenvalue weighted by Crippen LogP contribution is 2.32. The molecule has 33 heavy (non-hydrogen) atoms. The number of nitrogens with one attached hydrogen (secondary N) is 1. The Morgan fingerprint density at radius 3 is 2.30 bits per heavy atom. The van der Waals surface area contributed by atoms with E-state index in [1.54, 1.807) is 0 Å². The van der Waals surface area contributed by atoms with Crippen molar-refractivity contribution in [1.29, 1.82) is 0 Å². The van der Waals surface area contributed by atoms with Crippen molar-refractivity contribution in [3.63, 3.8) is 0 Å². The topological polar surface area (TPSA) is 73.0 Å². The van der Waals surface area contributed by atoms with E-state index in [-0.39, 0.29) is 23.7 Å². The van der Waals surface area contributed by atoms with Crippen LogP contribution in [0.1, 0.15) is 69.2 Å². The van der Waals surface area contributed by atoms with Gasteiger partial charge in [-0.3, -0.25) is 14.4 Å². The molecule has 2 aliphatic carbocycles. The van der Waals surface area contributed by atoms with E-state index in [0.29, 0.717) is 43.3 Å². The molecule has 0 bridgehead atoms. The molecule has 0 unspecified atom stereocenters. The zero-order valence-corrected chi connectivity index (χ0v) is 20.1. The van der Waals surface area contributed by atoms with Gasteiger partial charge in [0, 0.05) is 62.5 Å². The maximum absolute atomic E-state index is 13.4. The van der Waals surface area contributed by atoms with Crippen molar-refractivity contribution in [3.05, 3.63) is 23.8 Å². The average molecular weight is 455 g/mol. The molecule has 0 spiro atoms. The molecule has 3 aliphatic rings. The van der Waals surface area contributed by atoms with Gasteiger partial charge in [0.1, 0.15) is 0 Å². The van der Waals surface area contributed by atoms with Crippen molar-refractivity contribution in [2.24, 2.45) is 11.8 Å². The number of benzene rings is 1. The summed E-state index contributed by atoms with van der Waals surface area (Å²) in [5.74, 6) is 0.653. The molecule has 1 aromatic rings. The summed E-state index contributed by atoms with van der Waals surface area (Å²) in [6, 6.07) is 5.74. The monoisotopic (exact) mass is 454 g/mol. The van der Waals surface area contributed by atoms with Crippen LogP contribution in [0.15, 0.2) is 18.2 Å². The Morgan fingerprint density at radius 2 is 1.64 bits per heavy atom. The lowest BCUT2D eigenvalue weighted by Crippen LogP contribution is -2.37. The first-order chi connectivity index (χ1) is 16.0. The summed E-state index contributed by atoms with van der Waals surface area (Å²) in [5, 5.41) is 3.06. The van der Waals surface area contributed by atoms with E-state index in [9.17, 15) is 14.4 Å². The van der Waals surface area contributed by atoms with Gasteiger partial charge in [-0.25, -0.2) is 0 Å². The van der Waals surface area contributed by atoms with Crippen LogP contribution in [-0.4, -0.2) is 66.8 Å². The Balaban J connectivity index is 1.55. The van der Waals surface area contributed by atoms with Crippen molar-refractivity contribution in [1.82, 2.24) is 9.80 Å². The minimum absolute atomic E-state index is 0.0119. The standard InChI is InChI=1S/C26H38N4O3/c1-3-28(4-2)26(33)22-18-21(27-24(31)19-8-5-6-9-19)12-13-23(22)29-14-7-15-30(17-16-29)25(32)20-10-11-20/h12-13,18-20H,3-11,14-17H2,1-2H3,(H,27,31). The predicted octanol–water partition coefficient (Wildman–Crippen LogP) is 3.75. The summed E-state index contributed by atoms with van der Waals surface area (Å²) < 4.78 is 0. The van der Waals surface area contributed by atoms with Crippen LogP contribution in [-0.2, 0) is 9.59 Å². The van der Waals surface area contributed by atoms with Crippen LogP contribution >= 0.6 is 0 Å². The number of rotatable bonds is 7. The number of carbonyl (C=O) groups is 3. The molecule has 3 fully saturated rings. The highest BCUT2D eigenvalue weighted by Gasteiger charge is 2.34. The van der Waals surface area contributed by atoms with Gasteiger partial charge in [0.15, 0.2) is 0 Å². The van der Waals surface area contributed by atoms with Gasteiger partial charge in [-0.15, -0.1) is 0 Å². The van der Waals surface area contributed by atoms with E-state index in [0.717, 1.165) is 63.7 Å². The Bertz CT molecular complexity index is 872.